The molecular weight excluding hydrogens is 272 g/mol. The van der Waals surface area contributed by atoms with Crippen LogP contribution in [0.5, 0.6) is 0 Å². The van der Waals surface area contributed by atoms with Crippen molar-refractivity contribution in [2.75, 3.05) is 0 Å². The molecule has 1 aromatic rings. The summed E-state index contributed by atoms with van der Waals surface area (Å²) in [5.74, 6) is -1.94. The summed E-state index contributed by atoms with van der Waals surface area (Å²) < 4.78 is 23.8. The molecule has 0 radical (unpaired) electrons. The van der Waals surface area contributed by atoms with E-state index in [1.54, 1.807) is 0 Å². The van der Waals surface area contributed by atoms with Gasteiger partial charge in [-0.1, -0.05) is 12.1 Å². The SMILES string of the molecule is CC(C(=N)NO)S(=O)(=O)Cc1ccc(C(=O)O)cc1. The molecule has 0 amide bonds. The van der Waals surface area contributed by atoms with Gasteiger partial charge in [-0.15, -0.1) is 0 Å². The van der Waals surface area contributed by atoms with Crippen LogP contribution >= 0.6 is 0 Å². The van der Waals surface area contributed by atoms with Gasteiger partial charge in [-0.2, -0.15) is 0 Å². The van der Waals surface area contributed by atoms with Crippen LogP contribution in [0.1, 0.15) is 22.8 Å². The van der Waals surface area contributed by atoms with Crippen molar-refractivity contribution in [1.82, 2.24) is 5.48 Å². The first-order valence-corrected chi connectivity index (χ1v) is 7.02. The Morgan fingerprint density at radius 2 is 1.89 bits per heavy atom. The topological polar surface area (TPSA) is 128 Å². The van der Waals surface area contributed by atoms with Gasteiger partial charge < -0.3 is 5.11 Å². The first-order chi connectivity index (χ1) is 8.77. The number of rotatable bonds is 5. The summed E-state index contributed by atoms with van der Waals surface area (Å²) in [6.07, 6.45) is 0. The van der Waals surface area contributed by atoms with E-state index in [4.69, 9.17) is 15.7 Å². The molecule has 19 heavy (non-hydrogen) atoms. The molecule has 0 spiro atoms. The molecule has 0 aliphatic heterocycles. The van der Waals surface area contributed by atoms with Crippen molar-refractivity contribution in [1.29, 1.82) is 5.41 Å². The highest BCUT2D eigenvalue weighted by Gasteiger charge is 2.25. The number of sulfone groups is 1. The molecule has 8 heteroatoms. The average molecular weight is 286 g/mol. The van der Waals surface area contributed by atoms with Gasteiger partial charge in [-0.25, -0.2) is 13.2 Å². The molecule has 104 valence electrons. The number of carboxylic acids is 1. The highest BCUT2D eigenvalue weighted by atomic mass is 32.2. The smallest absolute Gasteiger partial charge is 0.335 e. The summed E-state index contributed by atoms with van der Waals surface area (Å²) >= 11 is 0. The highest BCUT2D eigenvalue weighted by molar-refractivity contribution is 7.92. The molecule has 1 rings (SSSR count). The van der Waals surface area contributed by atoms with Crippen LogP contribution in [0.15, 0.2) is 24.3 Å². The number of hydrogen-bond acceptors (Lipinski definition) is 5. The Morgan fingerprint density at radius 3 is 2.32 bits per heavy atom. The van der Waals surface area contributed by atoms with Crippen molar-refractivity contribution in [3.63, 3.8) is 0 Å². The zero-order valence-corrected chi connectivity index (χ0v) is 10.9. The van der Waals surface area contributed by atoms with Gasteiger partial charge >= 0.3 is 5.97 Å². The van der Waals surface area contributed by atoms with E-state index in [9.17, 15) is 13.2 Å². The normalized spacial score (nSPS) is 12.7. The third-order valence-corrected chi connectivity index (χ3v) is 4.68. The highest BCUT2D eigenvalue weighted by Crippen LogP contribution is 2.13. The summed E-state index contributed by atoms with van der Waals surface area (Å²) in [6.45, 7) is 1.28. The number of benzene rings is 1. The number of carboxylic acid groups (broad SMARTS) is 1. The summed E-state index contributed by atoms with van der Waals surface area (Å²) in [5.41, 5.74) is 1.99. The summed E-state index contributed by atoms with van der Waals surface area (Å²) in [6, 6.07) is 5.44. The van der Waals surface area contributed by atoms with E-state index in [1.165, 1.54) is 36.7 Å². The summed E-state index contributed by atoms with van der Waals surface area (Å²) in [5, 5.41) is 23.3. The van der Waals surface area contributed by atoms with Gasteiger partial charge in [0.15, 0.2) is 9.84 Å². The molecule has 7 nitrogen and oxygen atoms in total. The first-order valence-electron chi connectivity index (χ1n) is 5.30. The van der Waals surface area contributed by atoms with Gasteiger partial charge in [0.05, 0.1) is 11.3 Å². The zero-order valence-electron chi connectivity index (χ0n) is 10.1. The van der Waals surface area contributed by atoms with E-state index in [0.717, 1.165) is 0 Å². The van der Waals surface area contributed by atoms with Gasteiger partial charge in [0, 0.05) is 0 Å². The second-order valence-corrected chi connectivity index (χ2v) is 6.30. The molecule has 0 fully saturated rings. The molecule has 0 heterocycles. The lowest BCUT2D eigenvalue weighted by Crippen LogP contribution is -2.36. The van der Waals surface area contributed by atoms with E-state index >= 15 is 0 Å². The van der Waals surface area contributed by atoms with Gasteiger partial charge in [0.1, 0.15) is 11.1 Å². The van der Waals surface area contributed by atoms with Crippen LogP contribution in [0.4, 0.5) is 0 Å². The molecule has 0 bridgehead atoms. The van der Waals surface area contributed by atoms with Crippen LogP contribution in [0.2, 0.25) is 0 Å². The third kappa shape index (κ3) is 3.76. The number of aromatic carboxylic acids is 1. The van der Waals surface area contributed by atoms with E-state index in [2.05, 4.69) is 0 Å². The standard InChI is InChI=1S/C11H14N2O5S/c1-7(10(12)13-16)19(17,18)6-8-2-4-9(5-3-8)11(14)15/h2-5,7,16H,6H2,1H3,(H2,12,13)(H,14,15). The summed E-state index contributed by atoms with van der Waals surface area (Å²) in [7, 11) is -3.65. The fourth-order valence-electron chi connectivity index (χ4n) is 1.37. The van der Waals surface area contributed by atoms with E-state index in [0.29, 0.717) is 5.56 Å². The lowest BCUT2D eigenvalue weighted by atomic mass is 10.1. The van der Waals surface area contributed by atoms with Crippen LogP contribution in [-0.2, 0) is 15.6 Å². The number of nitrogens with one attached hydrogen (secondary N) is 2. The maximum absolute atomic E-state index is 11.9. The molecule has 1 aromatic carbocycles. The number of carbonyl (C=O) groups is 1. The number of amidine groups is 1. The minimum atomic E-state index is -3.65. The average Bonchev–Trinajstić information content (AvgIpc) is 2.37. The van der Waals surface area contributed by atoms with Gasteiger partial charge in [-0.05, 0) is 24.6 Å². The Hall–Kier alpha value is -1.93. The Morgan fingerprint density at radius 1 is 1.37 bits per heavy atom. The minimum Gasteiger partial charge on any atom is -0.478 e. The fourth-order valence-corrected chi connectivity index (χ4v) is 2.69. The predicted octanol–water partition coefficient (Wildman–Crippen LogP) is 0.644. The zero-order chi connectivity index (χ0) is 14.6. The predicted molar refractivity (Wildman–Crippen MR) is 68.1 cm³/mol. The molecule has 0 saturated carbocycles. The molecule has 0 saturated heterocycles. The molecule has 0 aliphatic carbocycles. The summed E-state index contributed by atoms with van der Waals surface area (Å²) in [4.78, 5) is 10.7. The fraction of sp³-hybridized carbons (Fsp3) is 0.273. The maximum Gasteiger partial charge on any atom is 0.335 e. The van der Waals surface area contributed by atoms with E-state index < -0.39 is 26.9 Å². The second-order valence-electron chi connectivity index (χ2n) is 3.98. The lowest BCUT2D eigenvalue weighted by Gasteiger charge is -2.13. The van der Waals surface area contributed by atoms with E-state index in [-0.39, 0.29) is 11.3 Å². The molecule has 0 aliphatic rings. The van der Waals surface area contributed by atoms with Crippen molar-refractivity contribution in [2.45, 2.75) is 17.9 Å². The van der Waals surface area contributed by atoms with Crippen molar-refractivity contribution in [3.8, 4) is 0 Å². The van der Waals surface area contributed by atoms with Crippen LogP contribution in [0, 0.1) is 5.41 Å². The Labute approximate surface area is 110 Å². The van der Waals surface area contributed by atoms with Crippen LogP contribution in [0.25, 0.3) is 0 Å². The van der Waals surface area contributed by atoms with Crippen molar-refractivity contribution >= 4 is 21.6 Å². The number of hydroxylamine groups is 1. The number of hydrogen-bond donors (Lipinski definition) is 4. The minimum absolute atomic E-state index is 0.0685. The van der Waals surface area contributed by atoms with Crippen molar-refractivity contribution in [3.05, 3.63) is 35.4 Å². The molecule has 1 atom stereocenters. The Bertz CT molecular complexity index is 580. The largest absolute Gasteiger partial charge is 0.478 e. The molecule has 4 N–H and O–H groups in total. The van der Waals surface area contributed by atoms with Crippen LogP contribution in [0.3, 0.4) is 0 Å². The van der Waals surface area contributed by atoms with Gasteiger partial charge in [0.25, 0.3) is 0 Å². The third-order valence-electron chi connectivity index (χ3n) is 2.63. The van der Waals surface area contributed by atoms with Gasteiger partial charge in [0.2, 0.25) is 0 Å². The van der Waals surface area contributed by atoms with E-state index in [1.807, 2.05) is 0 Å². The van der Waals surface area contributed by atoms with Crippen molar-refractivity contribution in [2.24, 2.45) is 0 Å². The Kier molecular flexibility index (Phi) is 4.62. The quantitative estimate of drug-likeness (QED) is 0.357. The van der Waals surface area contributed by atoms with Crippen molar-refractivity contribution < 1.29 is 23.5 Å². The first kappa shape index (κ1) is 15.1. The monoisotopic (exact) mass is 286 g/mol. The maximum atomic E-state index is 11.9. The Balaban J connectivity index is 2.90. The lowest BCUT2D eigenvalue weighted by molar-refractivity contribution is 0.0697. The van der Waals surface area contributed by atoms with Crippen LogP contribution in [-0.4, -0.2) is 35.8 Å². The van der Waals surface area contributed by atoms with Gasteiger partial charge in [-0.3, -0.25) is 16.1 Å². The molecule has 0 aromatic heterocycles. The molecule has 1 unspecified atom stereocenters. The second kappa shape index (κ2) is 5.81. The molecular formula is C11H14N2O5S. The van der Waals surface area contributed by atoms with Crippen LogP contribution < -0.4 is 5.48 Å².